The Hall–Kier alpha value is -1.95. The Morgan fingerprint density at radius 2 is 1.90 bits per heavy atom. The summed E-state index contributed by atoms with van der Waals surface area (Å²) in [5.74, 6) is 1.64. The lowest BCUT2D eigenvalue weighted by molar-refractivity contribution is 0.0671. The van der Waals surface area contributed by atoms with Crippen LogP contribution in [-0.2, 0) is 6.54 Å². The third-order valence-corrected chi connectivity index (χ3v) is 5.23. The van der Waals surface area contributed by atoms with E-state index in [1.807, 2.05) is 19.1 Å². The highest BCUT2D eigenvalue weighted by Gasteiger charge is 2.23. The van der Waals surface area contributed by atoms with E-state index < -0.39 is 6.55 Å². The van der Waals surface area contributed by atoms with E-state index in [0.717, 1.165) is 23.4 Å². The molecular weight excluding hydrogens is 517 g/mol. The summed E-state index contributed by atoms with van der Waals surface area (Å²) < 4.78 is 32.2. The third kappa shape index (κ3) is 7.03. The van der Waals surface area contributed by atoms with Gasteiger partial charge in [0.05, 0.1) is 13.2 Å². The molecule has 7 nitrogen and oxygen atoms in total. The van der Waals surface area contributed by atoms with Crippen LogP contribution in [0.5, 0.6) is 5.75 Å². The number of aliphatic imine (C=N–C) groups is 1. The van der Waals surface area contributed by atoms with E-state index in [2.05, 4.69) is 37.6 Å². The first-order valence-electron chi connectivity index (χ1n) is 10.3. The normalized spacial score (nSPS) is 15.6. The SMILES string of the molecule is CCNC(=NCc1nccn1C(F)F)NCC(c1ccc(OC)cc1)N1CCCC1.I. The number of imidazole rings is 1. The minimum Gasteiger partial charge on any atom is -0.497 e. The van der Waals surface area contributed by atoms with Crippen LogP contribution in [-0.4, -0.2) is 53.7 Å². The number of nitrogens with zero attached hydrogens (tertiary/aromatic N) is 4. The van der Waals surface area contributed by atoms with Crippen molar-refractivity contribution in [3.8, 4) is 5.75 Å². The zero-order valence-corrected chi connectivity index (χ0v) is 20.3. The molecule has 0 aliphatic carbocycles. The number of likely N-dealkylation sites (tertiary alicyclic amines) is 1. The van der Waals surface area contributed by atoms with Crippen molar-refractivity contribution in [2.45, 2.75) is 38.9 Å². The molecule has 1 aromatic heterocycles. The number of aromatic nitrogens is 2. The molecule has 1 aromatic carbocycles. The van der Waals surface area contributed by atoms with E-state index >= 15 is 0 Å². The second-order valence-electron chi connectivity index (χ2n) is 7.14. The minimum absolute atomic E-state index is 0. The highest BCUT2D eigenvalue weighted by atomic mass is 127. The van der Waals surface area contributed by atoms with E-state index in [0.29, 0.717) is 19.0 Å². The van der Waals surface area contributed by atoms with Gasteiger partial charge in [0.25, 0.3) is 0 Å². The summed E-state index contributed by atoms with van der Waals surface area (Å²) in [6.45, 7) is 2.86. The number of halogens is 3. The molecule has 2 N–H and O–H groups in total. The van der Waals surface area contributed by atoms with Gasteiger partial charge in [-0.3, -0.25) is 9.47 Å². The molecule has 172 valence electrons. The molecule has 0 amide bonds. The zero-order valence-electron chi connectivity index (χ0n) is 17.9. The van der Waals surface area contributed by atoms with Gasteiger partial charge < -0.3 is 15.4 Å². The van der Waals surface area contributed by atoms with E-state index in [9.17, 15) is 8.78 Å². The molecule has 0 bridgehead atoms. The largest absolute Gasteiger partial charge is 0.497 e. The number of hydrogen-bond acceptors (Lipinski definition) is 4. The molecule has 2 heterocycles. The fourth-order valence-corrected chi connectivity index (χ4v) is 3.67. The molecule has 10 heteroatoms. The number of hydrogen-bond donors (Lipinski definition) is 2. The molecule has 2 aromatic rings. The van der Waals surface area contributed by atoms with E-state index in [-0.39, 0.29) is 42.4 Å². The van der Waals surface area contributed by atoms with Gasteiger partial charge in [-0.15, -0.1) is 24.0 Å². The summed E-state index contributed by atoms with van der Waals surface area (Å²) in [4.78, 5) is 10.9. The second-order valence-corrected chi connectivity index (χ2v) is 7.14. The predicted molar refractivity (Wildman–Crippen MR) is 128 cm³/mol. The van der Waals surface area contributed by atoms with Crippen molar-refractivity contribution >= 4 is 29.9 Å². The Morgan fingerprint density at radius 1 is 1.19 bits per heavy atom. The third-order valence-electron chi connectivity index (χ3n) is 5.23. The lowest BCUT2D eigenvalue weighted by Crippen LogP contribution is -2.42. The number of nitrogens with one attached hydrogen (secondary N) is 2. The summed E-state index contributed by atoms with van der Waals surface area (Å²) in [6.07, 6.45) is 5.02. The maximum Gasteiger partial charge on any atom is 0.319 e. The van der Waals surface area contributed by atoms with Gasteiger partial charge in [0, 0.05) is 25.5 Å². The fourth-order valence-electron chi connectivity index (χ4n) is 3.67. The highest BCUT2D eigenvalue weighted by Crippen LogP contribution is 2.26. The highest BCUT2D eigenvalue weighted by molar-refractivity contribution is 14.0. The van der Waals surface area contributed by atoms with Crippen molar-refractivity contribution in [1.82, 2.24) is 25.1 Å². The molecule has 1 aliphatic rings. The van der Waals surface area contributed by atoms with Gasteiger partial charge in [-0.25, -0.2) is 9.98 Å². The van der Waals surface area contributed by atoms with Crippen molar-refractivity contribution in [3.05, 3.63) is 48.0 Å². The Balaban J connectivity index is 0.00000341. The number of ether oxygens (including phenoxy) is 1. The molecule has 1 fully saturated rings. The van der Waals surface area contributed by atoms with Gasteiger partial charge in [0.2, 0.25) is 0 Å². The first kappa shape index (κ1) is 25.3. The molecule has 1 atom stereocenters. The number of benzene rings is 1. The van der Waals surface area contributed by atoms with Crippen LogP contribution in [0.4, 0.5) is 8.78 Å². The van der Waals surface area contributed by atoms with Crippen LogP contribution in [0.15, 0.2) is 41.7 Å². The molecule has 0 radical (unpaired) electrons. The van der Waals surface area contributed by atoms with Gasteiger partial charge >= 0.3 is 6.55 Å². The number of rotatable bonds is 9. The second kappa shape index (κ2) is 12.8. The summed E-state index contributed by atoms with van der Waals surface area (Å²) in [6, 6.07) is 8.31. The summed E-state index contributed by atoms with van der Waals surface area (Å²) in [7, 11) is 1.66. The zero-order chi connectivity index (χ0) is 21.3. The van der Waals surface area contributed by atoms with Crippen molar-refractivity contribution in [2.75, 3.05) is 33.3 Å². The van der Waals surface area contributed by atoms with E-state index in [1.54, 1.807) is 7.11 Å². The Kier molecular flexibility index (Phi) is 10.4. The van der Waals surface area contributed by atoms with Gasteiger partial charge in [-0.05, 0) is 50.6 Å². The summed E-state index contributed by atoms with van der Waals surface area (Å²) >= 11 is 0. The van der Waals surface area contributed by atoms with Gasteiger partial charge in [-0.2, -0.15) is 8.78 Å². The standard InChI is InChI=1S/C21H30F2N6O.HI/c1-3-24-21(27-15-19-25-10-13-29(19)20(22)23)26-14-18(28-11-4-5-12-28)16-6-8-17(30-2)9-7-16;/h6-10,13,18,20H,3-5,11-12,14-15H2,1-2H3,(H2,24,26,27);1H. The van der Waals surface area contributed by atoms with Crippen LogP contribution < -0.4 is 15.4 Å². The number of methoxy groups -OCH3 is 1. The first-order chi connectivity index (χ1) is 14.6. The van der Waals surface area contributed by atoms with Crippen molar-refractivity contribution < 1.29 is 13.5 Å². The number of guanidine groups is 1. The van der Waals surface area contributed by atoms with Crippen LogP contribution in [0.3, 0.4) is 0 Å². The fraction of sp³-hybridized carbons (Fsp3) is 0.524. The summed E-state index contributed by atoms with van der Waals surface area (Å²) in [5, 5.41) is 6.56. The Morgan fingerprint density at radius 3 is 2.52 bits per heavy atom. The lowest BCUT2D eigenvalue weighted by atomic mass is 10.1. The predicted octanol–water partition coefficient (Wildman–Crippen LogP) is 3.80. The lowest BCUT2D eigenvalue weighted by Gasteiger charge is -2.29. The maximum absolute atomic E-state index is 13.0. The number of alkyl halides is 2. The van der Waals surface area contributed by atoms with Crippen LogP contribution in [0.25, 0.3) is 0 Å². The van der Waals surface area contributed by atoms with Gasteiger partial charge in [0.1, 0.15) is 18.1 Å². The van der Waals surface area contributed by atoms with Crippen molar-refractivity contribution in [3.63, 3.8) is 0 Å². The Bertz CT molecular complexity index is 808. The Labute approximate surface area is 199 Å². The van der Waals surface area contributed by atoms with Gasteiger partial charge in [-0.1, -0.05) is 12.1 Å². The monoisotopic (exact) mass is 548 g/mol. The van der Waals surface area contributed by atoms with E-state index in [4.69, 9.17) is 4.74 Å². The molecule has 1 aliphatic heterocycles. The average molecular weight is 548 g/mol. The molecule has 0 spiro atoms. The average Bonchev–Trinajstić information content (AvgIpc) is 3.45. The van der Waals surface area contributed by atoms with Crippen LogP contribution in [0.1, 0.15) is 43.7 Å². The molecular formula is C21H31F2IN6O. The minimum atomic E-state index is -2.62. The van der Waals surface area contributed by atoms with Crippen molar-refractivity contribution in [2.24, 2.45) is 4.99 Å². The molecule has 1 saturated heterocycles. The van der Waals surface area contributed by atoms with Crippen molar-refractivity contribution in [1.29, 1.82) is 0 Å². The summed E-state index contributed by atoms with van der Waals surface area (Å²) in [5.41, 5.74) is 1.20. The molecule has 3 rings (SSSR count). The molecule has 31 heavy (non-hydrogen) atoms. The smallest absolute Gasteiger partial charge is 0.319 e. The quantitative estimate of drug-likeness (QED) is 0.284. The van der Waals surface area contributed by atoms with E-state index in [1.165, 1.54) is 30.8 Å². The molecule has 1 unspecified atom stereocenters. The topological polar surface area (TPSA) is 66.7 Å². The van der Waals surface area contributed by atoms with Crippen LogP contribution in [0, 0.1) is 0 Å². The van der Waals surface area contributed by atoms with Crippen LogP contribution in [0.2, 0.25) is 0 Å². The maximum atomic E-state index is 13.0. The van der Waals surface area contributed by atoms with Gasteiger partial charge in [0.15, 0.2) is 5.96 Å². The molecule has 0 saturated carbocycles. The van der Waals surface area contributed by atoms with Crippen LogP contribution >= 0.6 is 24.0 Å². The first-order valence-corrected chi connectivity index (χ1v) is 10.3.